The summed E-state index contributed by atoms with van der Waals surface area (Å²) in [5.74, 6) is 0. The Morgan fingerprint density at radius 1 is 1.20 bits per heavy atom. The number of hydrogen-bond donors (Lipinski definition) is 0. The van der Waals surface area contributed by atoms with Crippen molar-refractivity contribution >= 4 is 5.57 Å². The number of rotatable bonds is 1. The maximum absolute atomic E-state index is 3.83. The van der Waals surface area contributed by atoms with E-state index >= 15 is 0 Å². The SMILES string of the molecule is C=C(C)c1ccccc1.[Li+]. The van der Waals surface area contributed by atoms with Gasteiger partial charge in [0.15, 0.2) is 0 Å². The molecule has 0 N–H and O–H groups in total. The van der Waals surface area contributed by atoms with Crippen molar-refractivity contribution in [3.8, 4) is 0 Å². The van der Waals surface area contributed by atoms with Gasteiger partial charge in [-0.15, -0.1) is 0 Å². The molecule has 0 radical (unpaired) electrons. The van der Waals surface area contributed by atoms with Gasteiger partial charge < -0.3 is 0 Å². The standard InChI is InChI=1S/C9H10.Li/c1-8(2)9-6-4-3-5-7-9;/h3-7H,1H2,2H3;/q;+1. The molecule has 0 heterocycles. The third-order valence-electron chi connectivity index (χ3n) is 1.27. The molecule has 1 aromatic carbocycles. The van der Waals surface area contributed by atoms with Gasteiger partial charge in [-0.25, -0.2) is 0 Å². The van der Waals surface area contributed by atoms with E-state index in [-0.39, 0.29) is 18.9 Å². The first-order valence-corrected chi connectivity index (χ1v) is 3.01. The van der Waals surface area contributed by atoms with Gasteiger partial charge in [0, 0.05) is 0 Å². The summed E-state index contributed by atoms with van der Waals surface area (Å²) < 4.78 is 0. The molecule has 0 fully saturated rings. The minimum absolute atomic E-state index is 0. The second-order valence-electron chi connectivity index (χ2n) is 2.15. The van der Waals surface area contributed by atoms with Crippen molar-refractivity contribution in [3.05, 3.63) is 42.5 Å². The van der Waals surface area contributed by atoms with E-state index in [1.807, 2.05) is 25.1 Å². The van der Waals surface area contributed by atoms with Gasteiger partial charge in [-0.1, -0.05) is 42.5 Å². The normalized spacial score (nSPS) is 8.10. The van der Waals surface area contributed by atoms with Gasteiger partial charge >= 0.3 is 18.9 Å². The predicted octanol–water partition coefficient (Wildman–Crippen LogP) is -0.276. The maximum atomic E-state index is 3.83. The molecular weight excluding hydrogens is 115 g/mol. The van der Waals surface area contributed by atoms with Crippen LogP contribution in [0.25, 0.3) is 5.57 Å². The molecule has 0 aliphatic rings. The Labute approximate surface area is 74.1 Å². The van der Waals surface area contributed by atoms with Gasteiger partial charge in [0.1, 0.15) is 0 Å². The first kappa shape index (κ1) is 9.56. The summed E-state index contributed by atoms with van der Waals surface area (Å²) in [6.45, 7) is 5.83. The molecule has 0 aromatic heterocycles. The molecule has 0 spiro atoms. The molecule has 0 aliphatic carbocycles. The molecule has 0 saturated heterocycles. The first-order chi connectivity index (χ1) is 4.30. The zero-order valence-corrected chi connectivity index (χ0v) is 6.59. The molecule has 1 aromatic rings. The molecule has 0 saturated carbocycles. The summed E-state index contributed by atoms with van der Waals surface area (Å²) in [4.78, 5) is 0. The van der Waals surface area contributed by atoms with Gasteiger partial charge in [-0.3, -0.25) is 0 Å². The van der Waals surface area contributed by atoms with Crippen LogP contribution in [0.4, 0.5) is 0 Å². The van der Waals surface area contributed by atoms with E-state index in [0.29, 0.717) is 0 Å². The molecule has 46 valence electrons. The fourth-order valence-electron chi connectivity index (χ4n) is 0.723. The summed E-state index contributed by atoms with van der Waals surface area (Å²) in [6.07, 6.45) is 0. The van der Waals surface area contributed by atoms with Crippen LogP contribution in [0, 0.1) is 0 Å². The summed E-state index contributed by atoms with van der Waals surface area (Å²) in [7, 11) is 0. The minimum Gasteiger partial charge on any atom is -0.0955 e. The van der Waals surface area contributed by atoms with E-state index in [9.17, 15) is 0 Å². The first-order valence-electron chi connectivity index (χ1n) is 3.01. The van der Waals surface area contributed by atoms with E-state index in [1.165, 1.54) is 5.56 Å². The van der Waals surface area contributed by atoms with Crippen molar-refractivity contribution in [2.24, 2.45) is 0 Å². The van der Waals surface area contributed by atoms with Gasteiger partial charge in [-0.2, -0.15) is 0 Å². The van der Waals surface area contributed by atoms with E-state index in [4.69, 9.17) is 0 Å². The second-order valence-corrected chi connectivity index (χ2v) is 2.15. The van der Waals surface area contributed by atoms with E-state index in [2.05, 4.69) is 18.7 Å². The largest absolute Gasteiger partial charge is 1.00 e. The monoisotopic (exact) mass is 125 g/mol. The predicted molar refractivity (Wildman–Crippen MR) is 41.2 cm³/mol. The Hall–Kier alpha value is -0.443. The third kappa shape index (κ3) is 2.43. The molecular formula is C9H10Li+. The molecule has 1 heteroatoms. The zero-order chi connectivity index (χ0) is 6.69. The maximum Gasteiger partial charge on any atom is 1.00 e. The molecule has 0 atom stereocenters. The van der Waals surface area contributed by atoms with Crippen LogP contribution in [0.5, 0.6) is 0 Å². The minimum atomic E-state index is 0. The summed E-state index contributed by atoms with van der Waals surface area (Å²) in [6, 6.07) is 10.2. The van der Waals surface area contributed by atoms with Crippen LogP contribution in [0.3, 0.4) is 0 Å². The van der Waals surface area contributed by atoms with Crippen LogP contribution in [0.2, 0.25) is 0 Å². The van der Waals surface area contributed by atoms with E-state index in [1.54, 1.807) is 0 Å². The summed E-state index contributed by atoms with van der Waals surface area (Å²) >= 11 is 0. The van der Waals surface area contributed by atoms with Crippen molar-refractivity contribution in [1.82, 2.24) is 0 Å². The quantitative estimate of drug-likeness (QED) is 0.453. The number of allylic oxidation sites excluding steroid dienone is 1. The Balaban J connectivity index is 0.000000810. The van der Waals surface area contributed by atoms with Crippen molar-refractivity contribution in [2.45, 2.75) is 6.92 Å². The van der Waals surface area contributed by atoms with Crippen LogP contribution in [0.1, 0.15) is 12.5 Å². The Morgan fingerprint density at radius 3 is 2.00 bits per heavy atom. The average Bonchev–Trinajstić information content (AvgIpc) is 1.90. The van der Waals surface area contributed by atoms with Crippen LogP contribution < -0.4 is 18.9 Å². The molecule has 0 aliphatic heterocycles. The fraction of sp³-hybridized carbons (Fsp3) is 0.111. The molecule has 0 unspecified atom stereocenters. The Morgan fingerprint density at radius 2 is 1.70 bits per heavy atom. The topological polar surface area (TPSA) is 0 Å². The van der Waals surface area contributed by atoms with Crippen LogP contribution in [-0.2, 0) is 0 Å². The van der Waals surface area contributed by atoms with Gasteiger partial charge in [0.05, 0.1) is 0 Å². The molecule has 1 rings (SSSR count). The van der Waals surface area contributed by atoms with Gasteiger partial charge in [-0.05, 0) is 12.5 Å². The molecule has 0 amide bonds. The van der Waals surface area contributed by atoms with Crippen molar-refractivity contribution in [3.63, 3.8) is 0 Å². The smallest absolute Gasteiger partial charge is 0.0955 e. The van der Waals surface area contributed by atoms with Gasteiger partial charge in [0.25, 0.3) is 0 Å². The van der Waals surface area contributed by atoms with E-state index < -0.39 is 0 Å². The van der Waals surface area contributed by atoms with Crippen molar-refractivity contribution in [2.75, 3.05) is 0 Å². The van der Waals surface area contributed by atoms with E-state index in [0.717, 1.165) is 5.57 Å². The number of benzene rings is 1. The van der Waals surface area contributed by atoms with Crippen LogP contribution >= 0.6 is 0 Å². The Bertz CT molecular complexity index is 201. The average molecular weight is 125 g/mol. The number of hydrogen-bond acceptors (Lipinski definition) is 0. The molecule has 10 heavy (non-hydrogen) atoms. The molecule has 0 nitrogen and oxygen atoms in total. The van der Waals surface area contributed by atoms with Crippen LogP contribution in [0.15, 0.2) is 36.9 Å². The summed E-state index contributed by atoms with van der Waals surface area (Å²) in [5.41, 5.74) is 2.34. The van der Waals surface area contributed by atoms with Crippen molar-refractivity contribution < 1.29 is 18.9 Å². The van der Waals surface area contributed by atoms with Crippen molar-refractivity contribution in [1.29, 1.82) is 0 Å². The van der Waals surface area contributed by atoms with Gasteiger partial charge in [0.2, 0.25) is 0 Å². The summed E-state index contributed by atoms with van der Waals surface area (Å²) in [5, 5.41) is 0. The van der Waals surface area contributed by atoms with Crippen LogP contribution in [-0.4, -0.2) is 0 Å². The third-order valence-corrected chi connectivity index (χ3v) is 1.27. The fourth-order valence-corrected chi connectivity index (χ4v) is 0.723. The second kappa shape index (κ2) is 4.39. The zero-order valence-electron chi connectivity index (χ0n) is 6.59. The molecule has 0 bridgehead atoms. The Kier molecular flexibility index (Phi) is 4.19.